The Morgan fingerprint density at radius 2 is 1.63 bits per heavy atom. The van der Waals surface area contributed by atoms with Gasteiger partial charge in [-0.1, -0.05) is 49.4 Å². The van der Waals surface area contributed by atoms with Gasteiger partial charge in [-0.25, -0.2) is 4.79 Å². The Kier molecular flexibility index (Phi) is 6.05. The molecule has 0 aliphatic rings. The Balaban J connectivity index is 1.44. The molecule has 1 N–H and O–H groups in total. The molecule has 0 atom stereocenters. The lowest BCUT2D eigenvalue weighted by Gasteiger charge is -2.09. The van der Waals surface area contributed by atoms with Gasteiger partial charge in [0.25, 0.3) is 5.91 Å². The maximum atomic E-state index is 12.0. The van der Waals surface area contributed by atoms with Gasteiger partial charge in [0.2, 0.25) is 0 Å². The first kappa shape index (κ1) is 18.5. The van der Waals surface area contributed by atoms with Crippen molar-refractivity contribution in [1.82, 2.24) is 0 Å². The number of amides is 1. The van der Waals surface area contributed by atoms with Crippen LogP contribution >= 0.6 is 0 Å². The zero-order valence-corrected chi connectivity index (χ0v) is 15.1. The van der Waals surface area contributed by atoms with E-state index in [4.69, 9.17) is 9.47 Å². The topological polar surface area (TPSA) is 64.6 Å². The van der Waals surface area contributed by atoms with Gasteiger partial charge in [0.1, 0.15) is 5.75 Å². The molecule has 0 aliphatic carbocycles. The maximum Gasteiger partial charge on any atom is 0.344 e. The molecular formula is C22H21NO4. The number of carbonyl (C=O) groups is 2. The highest BCUT2D eigenvalue weighted by Crippen LogP contribution is 2.18. The zero-order chi connectivity index (χ0) is 19.1. The predicted molar refractivity (Wildman–Crippen MR) is 105 cm³/mol. The van der Waals surface area contributed by atoms with Crippen molar-refractivity contribution in [3.63, 3.8) is 0 Å². The number of carbonyl (C=O) groups excluding carboxylic acids is 2. The molecule has 3 aromatic rings. The minimum atomic E-state index is -0.594. The first-order valence-corrected chi connectivity index (χ1v) is 8.80. The number of aryl methyl sites for hydroxylation is 1. The monoisotopic (exact) mass is 363 g/mol. The molecule has 3 aromatic carbocycles. The van der Waals surface area contributed by atoms with Crippen LogP contribution < -0.4 is 10.1 Å². The van der Waals surface area contributed by atoms with Crippen LogP contribution in [0.25, 0.3) is 10.8 Å². The highest BCUT2D eigenvalue weighted by Gasteiger charge is 2.09. The summed E-state index contributed by atoms with van der Waals surface area (Å²) in [6.45, 7) is 1.47. The molecule has 0 aromatic heterocycles. The Morgan fingerprint density at radius 3 is 2.37 bits per heavy atom. The van der Waals surface area contributed by atoms with Crippen LogP contribution in [0.4, 0.5) is 5.69 Å². The molecule has 0 bridgehead atoms. The van der Waals surface area contributed by atoms with Crippen molar-refractivity contribution in [2.45, 2.75) is 13.3 Å². The molecule has 5 heteroatoms. The van der Waals surface area contributed by atoms with Crippen molar-refractivity contribution in [2.75, 3.05) is 18.5 Å². The SMILES string of the molecule is CCc1ccc(OCC(=O)OCC(=O)Nc2ccc3ccccc3c2)cc1. The van der Waals surface area contributed by atoms with E-state index in [-0.39, 0.29) is 13.2 Å². The van der Waals surface area contributed by atoms with E-state index < -0.39 is 11.9 Å². The van der Waals surface area contributed by atoms with E-state index in [2.05, 4.69) is 12.2 Å². The molecular weight excluding hydrogens is 342 g/mol. The van der Waals surface area contributed by atoms with Crippen molar-refractivity contribution in [3.8, 4) is 5.75 Å². The minimum absolute atomic E-state index is 0.241. The number of hydrogen-bond acceptors (Lipinski definition) is 4. The molecule has 0 spiro atoms. The summed E-state index contributed by atoms with van der Waals surface area (Å²) in [5.74, 6) is -0.404. The van der Waals surface area contributed by atoms with E-state index in [0.717, 1.165) is 17.2 Å². The minimum Gasteiger partial charge on any atom is -0.482 e. The number of benzene rings is 3. The van der Waals surface area contributed by atoms with Crippen molar-refractivity contribution in [1.29, 1.82) is 0 Å². The van der Waals surface area contributed by atoms with Crippen LogP contribution in [0.5, 0.6) is 5.75 Å². The lowest BCUT2D eigenvalue weighted by molar-refractivity contribution is -0.149. The first-order chi connectivity index (χ1) is 13.1. The first-order valence-electron chi connectivity index (χ1n) is 8.80. The summed E-state index contributed by atoms with van der Waals surface area (Å²) >= 11 is 0. The Hall–Kier alpha value is -3.34. The number of nitrogens with one attached hydrogen (secondary N) is 1. The fraction of sp³-hybridized carbons (Fsp3) is 0.182. The second-order valence-electron chi connectivity index (χ2n) is 6.06. The Labute approximate surface area is 157 Å². The Bertz CT molecular complexity index is 934. The van der Waals surface area contributed by atoms with E-state index in [1.165, 1.54) is 5.56 Å². The number of ether oxygens (including phenoxy) is 2. The average Bonchev–Trinajstić information content (AvgIpc) is 2.71. The van der Waals surface area contributed by atoms with Gasteiger partial charge in [-0.05, 0) is 47.0 Å². The standard InChI is InChI=1S/C22H21NO4/c1-2-16-7-11-20(12-8-16)26-15-22(25)27-14-21(24)23-19-10-9-17-5-3-4-6-18(17)13-19/h3-13H,2,14-15H2,1H3,(H,23,24). The van der Waals surface area contributed by atoms with Crippen molar-refractivity contribution >= 4 is 28.3 Å². The largest absolute Gasteiger partial charge is 0.482 e. The van der Waals surface area contributed by atoms with Gasteiger partial charge in [0.15, 0.2) is 13.2 Å². The average molecular weight is 363 g/mol. The molecule has 5 nitrogen and oxygen atoms in total. The Morgan fingerprint density at radius 1 is 0.889 bits per heavy atom. The quantitative estimate of drug-likeness (QED) is 0.645. The fourth-order valence-corrected chi connectivity index (χ4v) is 2.62. The predicted octanol–water partition coefficient (Wildman–Crippen LogP) is 3.96. The second-order valence-corrected chi connectivity index (χ2v) is 6.06. The summed E-state index contributed by atoms with van der Waals surface area (Å²) in [7, 11) is 0. The highest BCUT2D eigenvalue weighted by atomic mass is 16.6. The van der Waals surface area contributed by atoms with Gasteiger partial charge >= 0.3 is 5.97 Å². The smallest absolute Gasteiger partial charge is 0.344 e. The third-order valence-electron chi connectivity index (χ3n) is 4.09. The molecule has 138 valence electrons. The summed E-state index contributed by atoms with van der Waals surface area (Å²) in [6.07, 6.45) is 0.939. The van der Waals surface area contributed by atoms with E-state index >= 15 is 0 Å². The van der Waals surface area contributed by atoms with Gasteiger partial charge in [-0.2, -0.15) is 0 Å². The van der Waals surface area contributed by atoms with Crippen LogP contribution in [0.1, 0.15) is 12.5 Å². The normalized spacial score (nSPS) is 10.4. The summed E-state index contributed by atoms with van der Waals surface area (Å²) in [6, 6.07) is 21.0. The molecule has 3 rings (SSSR count). The summed E-state index contributed by atoms with van der Waals surface area (Å²) in [5.41, 5.74) is 1.84. The van der Waals surface area contributed by atoms with Gasteiger partial charge in [0.05, 0.1) is 0 Å². The second kappa shape index (κ2) is 8.85. The molecule has 0 aliphatic heterocycles. The van der Waals surface area contributed by atoms with Crippen LogP contribution in [-0.2, 0) is 20.7 Å². The van der Waals surface area contributed by atoms with Gasteiger partial charge in [-0.3, -0.25) is 4.79 Å². The van der Waals surface area contributed by atoms with Gasteiger partial charge in [0, 0.05) is 5.69 Å². The van der Waals surface area contributed by atoms with Crippen molar-refractivity contribution in [3.05, 3.63) is 72.3 Å². The highest BCUT2D eigenvalue weighted by molar-refractivity contribution is 5.95. The van der Waals surface area contributed by atoms with Crippen molar-refractivity contribution < 1.29 is 19.1 Å². The number of fused-ring (bicyclic) bond motifs is 1. The fourth-order valence-electron chi connectivity index (χ4n) is 2.62. The van der Waals surface area contributed by atoms with Crippen molar-refractivity contribution in [2.24, 2.45) is 0 Å². The summed E-state index contributed by atoms with van der Waals surface area (Å²) < 4.78 is 10.3. The molecule has 27 heavy (non-hydrogen) atoms. The van der Waals surface area contributed by atoms with Crippen LogP contribution in [0.3, 0.4) is 0 Å². The number of esters is 1. The molecule has 0 saturated carbocycles. The number of hydrogen-bond donors (Lipinski definition) is 1. The number of rotatable bonds is 7. The number of anilines is 1. The molecule has 0 fully saturated rings. The van der Waals surface area contributed by atoms with Gasteiger partial charge in [-0.15, -0.1) is 0 Å². The molecule has 0 radical (unpaired) electrons. The lowest BCUT2D eigenvalue weighted by Crippen LogP contribution is -2.23. The third-order valence-corrected chi connectivity index (χ3v) is 4.09. The van der Waals surface area contributed by atoms with Crippen LogP contribution in [0, 0.1) is 0 Å². The molecule has 0 unspecified atom stereocenters. The van der Waals surface area contributed by atoms with Gasteiger partial charge < -0.3 is 14.8 Å². The van der Waals surface area contributed by atoms with Crippen LogP contribution in [0.15, 0.2) is 66.7 Å². The van der Waals surface area contributed by atoms with E-state index in [9.17, 15) is 9.59 Å². The van der Waals surface area contributed by atoms with E-state index in [0.29, 0.717) is 11.4 Å². The van der Waals surface area contributed by atoms with E-state index in [1.807, 2.05) is 54.6 Å². The molecule has 1 amide bonds. The lowest BCUT2D eigenvalue weighted by atomic mass is 10.1. The van der Waals surface area contributed by atoms with Crippen LogP contribution in [0.2, 0.25) is 0 Å². The summed E-state index contributed by atoms with van der Waals surface area (Å²) in [5, 5.41) is 4.83. The summed E-state index contributed by atoms with van der Waals surface area (Å²) in [4.78, 5) is 23.7. The zero-order valence-electron chi connectivity index (χ0n) is 15.1. The maximum absolute atomic E-state index is 12.0. The molecule has 0 saturated heterocycles. The molecule has 0 heterocycles. The third kappa shape index (κ3) is 5.31. The van der Waals surface area contributed by atoms with Crippen LogP contribution in [-0.4, -0.2) is 25.1 Å². The van der Waals surface area contributed by atoms with E-state index in [1.54, 1.807) is 12.1 Å².